The van der Waals surface area contributed by atoms with Crippen molar-refractivity contribution >= 4 is 11.6 Å². The molecule has 7 nitrogen and oxygen atoms in total. The van der Waals surface area contributed by atoms with Gasteiger partial charge in [0.15, 0.2) is 0 Å². The van der Waals surface area contributed by atoms with Crippen molar-refractivity contribution in [3.63, 3.8) is 0 Å². The quantitative estimate of drug-likeness (QED) is 0.632. The molecule has 0 radical (unpaired) electrons. The standard InChI is InChI=1S/C12H14N2O5/c1-7-10(4-5-19-7)13-12(16)9-6-8(15)2-3-11(9)14(17)18/h2-3,6-7,10,15H,4-5H2,1H3,(H,13,16). The number of nitro benzene ring substituents is 1. The number of benzene rings is 1. The monoisotopic (exact) mass is 266 g/mol. The molecule has 1 heterocycles. The lowest BCUT2D eigenvalue weighted by Crippen LogP contribution is -2.39. The Hall–Kier alpha value is -2.15. The molecule has 0 bridgehead atoms. The van der Waals surface area contributed by atoms with Gasteiger partial charge in [0.2, 0.25) is 0 Å². The Morgan fingerprint density at radius 2 is 2.32 bits per heavy atom. The van der Waals surface area contributed by atoms with Crippen LogP contribution in [0.15, 0.2) is 18.2 Å². The maximum atomic E-state index is 12.0. The van der Waals surface area contributed by atoms with Crippen molar-refractivity contribution in [2.24, 2.45) is 0 Å². The van der Waals surface area contributed by atoms with Crippen LogP contribution in [0.4, 0.5) is 5.69 Å². The van der Waals surface area contributed by atoms with Crippen LogP contribution in [0.3, 0.4) is 0 Å². The summed E-state index contributed by atoms with van der Waals surface area (Å²) < 4.78 is 5.31. The second-order valence-corrected chi connectivity index (χ2v) is 4.40. The van der Waals surface area contributed by atoms with Gasteiger partial charge in [0.25, 0.3) is 11.6 Å². The molecule has 1 saturated heterocycles. The van der Waals surface area contributed by atoms with Crippen LogP contribution in [0.1, 0.15) is 23.7 Å². The summed E-state index contributed by atoms with van der Waals surface area (Å²) in [5.41, 5.74) is -0.481. The molecule has 1 fully saturated rings. The molecule has 0 saturated carbocycles. The van der Waals surface area contributed by atoms with Crippen LogP contribution < -0.4 is 5.32 Å². The molecule has 7 heteroatoms. The molecule has 1 amide bonds. The van der Waals surface area contributed by atoms with Crippen LogP contribution in [0.2, 0.25) is 0 Å². The van der Waals surface area contributed by atoms with Gasteiger partial charge in [-0.1, -0.05) is 0 Å². The lowest BCUT2D eigenvalue weighted by atomic mass is 10.1. The molecule has 2 unspecified atom stereocenters. The number of nitro groups is 1. The largest absolute Gasteiger partial charge is 0.508 e. The van der Waals surface area contributed by atoms with Gasteiger partial charge in [-0.2, -0.15) is 0 Å². The Balaban J connectivity index is 2.22. The molecule has 2 N–H and O–H groups in total. The fourth-order valence-corrected chi connectivity index (χ4v) is 2.03. The molecule has 19 heavy (non-hydrogen) atoms. The molecule has 1 aromatic carbocycles. The third-order valence-corrected chi connectivity index (χ3v) is 3.11. The minimum atomic E-state index is -0.650. The van der Waals surface area contributed by atoms with Crippen molar-refractivity contribution in [1.82, 2.24) is 5.32 Å². The molecule has 1 aliphatic rings. The van der Waals surface area contributed by atoms with E-state index in [1.54, 1.807) is 0 Å². The summed E-state index contributed by atoms with van der Waals surface area (Å²) in [7, 11) is 0. The van der Waals surface area contributed by atoms with Crippen LogP contribution >= 0.6 is 0 Å². The second kappa shape index (κ2) is 5.23. The van der Waals surface area contributed by atoms with E-state index in [1.165, 1.54) is 6.07 Å². The maximum absolute atomic E-state index is 12.0. The summed E-state index contributed by atoms with van der Waals surface area (Å²) in [5, 5.41) is 22.9. The summed E-state index contributed by atoms with van der Waals surface area (Å²) >= 11 is 0. The van der Waals surface area contributed by atoms with E-state index in [4.69, 9.17) is 4.74 Å². The number of aromatic hydroxyl groups is 1. The first kappa shape index (κ1) is 13.3. The molecular formula is C12H14N2O5. The number of carbonyl (C=O) groups excluding carboxylic acids is 1. The van der Waals surface area contributed by atoms with Crippen molar-refractivity contribution in [1.29, 1.82) is 0 Å². The van der Waals surface area contributed by atoms with Crippen LogP contribution in [0, 0.1) is 10.1 Å². The highest BCUT2D eigenvalue weighted by atomic mass is 16.6. The van der Waals surface area contributed by atoms with Gasteiger partial charge in [0.1, 0.15) is 11.3 Å². The van der Waals surface area contributed by atoms with Crippen LogP contribution in [0.5, 0.6) is 5.75 Å². The Morgan fingerprint density at radius 1 is 1.58 bits per heavy atom. The summed E-state index contributed by atoms with van der Waals surface area (Å²) in [5.74, 6) is -0.767. The molecule has 2 rings (SSSR count). The zero-order chi connectivity index (χ0) is 14.0. The topological polar surface area (TPSA) is 102 Å². The normalized spacial score (nSPS) is 22.2. The van der Waals surface area contributed by atoms with Crippen molar-refractivity contribution in [2.75, 3.05) is 6.61 Å². The maximum Gasteiger partial charge on any atom is 0.282 e. The van der Waals surface area contributed by atoms with E-state index < -0.39 is 10.8 Å². The number of phenolic OH excluding ortho intramolecular Hbond substituents is 1. The first-order chi connectivity index (χ1) is 8.99. The van der Waals surface area contributed by atoms with Crippen LogP contribution in [0.25, 0.3) is 0 Å². The fraction of sp³-hybridized carbons (Fsp3) is 0.417. The Bertz CT molecular complexity index is 517. The van der Waals surface area contributed by atoms with Crippen molar-refractivity contribution < 1.29 is 19.6 Å². The van der Waals surface area contributed by atoms with Gasteiger partial charge >= 0.3 is 0 Å². The molecule has 1 aliphatic heterocycles. The molecule has 0 aliphatic carbocycles. The van der Waals surface area contributed by atoms with Crippen molar-refractivity contribution in [3.8, 4) is 5.75 Å². The predicted octanol–water partition coefficient (Wildman–Crippen LogP) is 1.21. The molecule has 1 aromatic rings. The number of amides is 1. The zero-order valence-corrected chi connectivity index (χ0v) is 10.3. The predicted molar refractivity (Wildman–Crippen MR) is 66.0 cm³/mol. The number of phenols is 1. The van der Waals surface area contributed by atoms with Gasteiger partial charge in [0, 0.05) is 12.7 Å². The SMILES string of the molecule is CC1OCCC1NC(=O)c1cc(O)ccc1[N+](=O)[O-]. The Morgan fingerprint density at radius 3 is 2.89 bits per heavy atom. The first-order valence-corrected chi connectivity index (χ1v) is 5.89. The van der Waals surface area contributed by atoms with E-state index in [-0.39, 0.29) is 29.1 Å². The van der Waals surface area contributed by atoms with Gasteiger partial charge < -0.3 is 15.2 Å². The highest BCUT2D eigenvalue weighted by Gasteiger charge is 2.28. The molecule has 2 atom stereocenters. The third-order valence-electron chi connectivity index (χ3n) is 3.11. The third kappa shape index (κ3) is 2.82. The van der Waals surface area contributed by atoms with E-state index in [1.807, 2.05) is 6.92 Å². The minimum Gasteiger partial charge on any atom is -0.508 e. The highest BCUT2D eigenvalue weighted by molar-refractivity contribution is 5.98. The Kier molecular flexibility index (Phi) is 3.66. The van der Waals surface area contributed by atoms with E-state index in [2.05, 4.69) is 5.32 Å². The minimum absolute atomic E-state index is 0.125. The number of ether oxygens (including phenoxy) is 1. The average molecular weight is 266 g/mol. The van der Waals surface area contributed by atoms with E-state index in [9.17, 15) is 20.0 Å². The number of hydrogen-bond donors (Lipinski definition) is 2. The number of hydrogen-bond acceptors (Lipinski definition) is 5. The van der Waals surface area contributed by atoms with Gasteiger partial charge in [-0.15, -0.1) is 0 Å². The first-order valence-electron chi connectivity index (χ1n) is 5.89. The van der Waals surface area contributed by atoms with Gasteiger partial charge in [0.05, 0.1) is 17.1 Å². The zero-order valence-electron chi connectivity index (χ0n) is 10.3. The number of nitrogens with zero attached hydrogens (tertiary/aromatic N) is 1. The van der Waals surface area contributed by atoms with Crippen LogP contribution in [-0.2, 0) is 4.74 Å². The van der Waals surface area contributed by atoms with Crippen LogP contribution in [-0.4, -0.2) is 34.7 Å². The highest BCUT2D eigenvalue weighted by Crippen LogP contribution is 2.24. The summed E-state index contributed by atoms with van der Waals surface area (Å²) in [4.78, 5) is 22.2. The van der Waals surface area contributed by atoms with E-state index in [0.717, 1.165) is 12.1 Å². The van der Waals surface area contributed by atoms with Gasteiger partial charge in [-0.3, -0.25) is 14.9 Å². The van der Waals surface area contributed by atoms with Crippen molar-refractivity contribution in [3.05, 3.63) is 33.9 Å². The summed E-state index contributed by atoms with van der Waals surface area (Å²) in [6.45, 7) is 2.38. The molecule has 0 aromatic heterocycles. The lowest BCUT2D eigenvalue weighted by molar-refractivity contribution is -0.385. The summed E-state index contributed by atoms with van der Waals surface area (Å²) in [6, 6.07) is 3.21. The number of rotatable bonds is 3. The van der Waals surface area contributed by atoms with E-state index in [0.29, 0.717) is 13.0 Å². The molecule has 102 valence electrons. The smallest absolute Gasteiger partial charge is 0.282 e. The molecular weight excluding hydrogens is 252 g/mol. The Labute approximate surface area is 109 Å². The lowest BCUT2D eigenvalue weighted by Gasteiger charge is -2.16. The van der Waals surface area contributed by atoms with E-state index >= 15 is 0 Å². The van der Waals surface area contributed by atoms with Gasteiger partial charge in [-0.25, -0.2) is 0 Å². The molecule has 0 spiro atoms. The number of carbonyl (C=O) groups is 1. The van der Waals surface area contributed by atoms with Gasteiger partial charge in [-0.05, 0) is 25.5 Å². The van der Waals surface area contributed by atoms with Crippen molar-refractivity contribution in [2.45, 2.75) is 25.5 Å². The average Bonchev–Trinajstić information content (AvgIpc) is 2.74. The fourth-order valence-electron chi connectivity index (χ4n) is 2.03. The second-order valence-electron chi connectivity index (χ2n) is 4.40. The summed E-state index contributed by atoms with van der Waals surface area (Å²) in [6.07, 6.45) is 0.541. The number of nitrogens with one attached hydrogen (secondary N) is 1.